The van der Waals surface area contributed by atoms with Crippen LogP contribution in [0.2, 0.25) is 0 Å². The second kappa shape index (κ2) is 4.99. The molecular weight excluding hydrogens is 200 g/mol. The van der Waals surface area contributed by atoms with Crippen molar-refractivity contribution in [2.45, 2.75) is 32.4 Å². The Balaban J connectivity index is 2.63. The summed E-state index contributed by atoms with van der Waals surface area (Å²) in [4.78, 5) is 15.8. The lowest BCUT2D eigenvalue weighted by molar-refractivity contribution is -0.132. The molecule has 1 fully saturated rings. The van der Waals surface area contributed by atoms with Crippen molar-refractivity contribution in [3.05, 3.63) is 0 Å². The lowest BCUT2D eigenvalue weighted by atomic mass is 10.1. The number of hydrogen-bond donors (Lipinski definition) is 0. The zero-order chi connectivity index (χ0) is 10.7. The molecule has 0 N–H and O–H groups in total. The average Bonchev–Trinajstić information content (AvgIpc) is 2.51. The van der Waals surface area contributed by atoms with Crippen LogP contribution in [-0.4, -0.2) is 53.8 Å². The first kappa shape index (κ1) is 11.8. The molecule has 1 rings (SSSR count). The van der Waals surface area contributed by atoms with Gasteiger partial charge < -0.3 is 9.80 Å². The van der Waals surface area contributed by atoms with E-state index >= 15 is 0 Å². The van der Waals surface area contributed by atoms with E-state index in [0.29, 0.717) is 6.04 Å². The van der Waals surface area contributed by atoms with Crippen molar-refractivity contribution in [2.75, 3.05) is 26.0 Å². The number of alkyl halides is 1. The van der Waals surface area contributed by atoms with Crippen LogP contribution in [0.1, 0.15) is 20.3 Å². The highest BCUT2D eigenvalue weighted by Crippen LogP contribution is 2.17. The number of amides is 1. The molecule has 0 aromatic carbocycles. The van der Waals surface area contributed by atoms with Gasteiger partial charge in [-0.05, 0) is 33.9 Å². The Labute approximate surface area is 91.0 Å². The van der Waals surface area contributed by atoms with Crippen LogP contribution in [0, 0.1) is 0 Å². The van der Waals surface area contributed by atoms with Crippen molar-refractivity contribution >= 4 is 17.5 Å². The molecule has 0 radical (unpaired) electrons. The summed E-state index contributed by atoms with van der Waals surface area (Å²) in [5.74, 6) is 0.153. The lowest BCUT2D eigenvalue weighted by Gasteiger charge is -2.32. The summed E-state index contributed by atoms with van der Waals surface area (Å²) in [6.45, 7) is 6.13. The quantitative estimate of drug-likeness (QED) is 0.664. The molecule has 0 spiro atoms. The zero-order valence-electron chi connectivity index (χ0n) is 9.16. The van der Waals surface area contributed by atoms with Crippen molar-refractivity contribution in [3.8, 4) is 0 Å². The summed E-state index contributed by atoms with van der Waals surface area (Å²) in [5, 5.41) is 0. The molecule has 1 aliphatic rings. The van der Waals surface area contributed by atoms with Crippen LogP contribution < -0.4 is 0 Å². The van der Waals surface area contributed by atoms with Crippen LogP contribution in [-0.2, 0) is 4.79 Å². The van der Waals surface area contributed by atoms with E-state index in [2.05, 4.69) is 11.9 Å². The highest BCUT2D eigenvalue weighted by molar-refractivity contribution is 6.27. The molecule has 0 aromatic heterocycles. The number of nitrogens with zero attached hydrogens (tertiary/aromatic N) is 2. The molecule has 82 valence electrons. The van der Waals surface area contributed by atoms with Gasteiger partial charge in [-0.3, -0.25) is 4.79 Å². The monoisotopic (exact) mass is 218 g/mol. The van der Waals surface area contributed by atoms with E-state index in [0.717, 1.165) is 19.5 Å². The molecule has 1 atom stereocenters. The van der Waals surface area contributed by atoms with Gasteiger partial charge in [-0.2, -0.15) is 0 Å². The second-order valence-corrected chi connectivity index (χ2v) is 4.50. The minimum atomic E-state index is 0.0574. The van der Waals surface area contributed by atoms with E-state index in [9.17, 15) is 4.79 Å². The van der Waals surface area contributed by atoms with Gasteiger partial charge in [0.1, 0.15) is 5.88 Å². The Morgan fingerprint density at radius 2 is 2.29 bits per heavy atom. The SMILES string of the molecule is CC(C)N(C(=O)CCl)[C@@H]1CCN(C)C1. The Kier molecular flexibility index (Phi) is 4.20. The van der Waals surface area contributed by atoms with Gasteiger partial charge in [-0.25, -0.2) is 0 Å². The van der Waals surface area contributed by atoms with Crippen LogP contribution in [0.5, 0.6) is 0 Å². The number of likely N-dealkylation sites (N-methyl/N-ethyl adjacent to an activating group) is 1. The fraction of sp³-hybridized carbons (Fsp3) is 0.900. The van der Waals surface area contributed by atoms with Crippen LogP contribution >= 0.6 is 11.6 Å². The summed E-state index contributed by atoms with van der Waals surface area (Å²) in [6.07, 6.45) is 1.07. The number of carbonyl (C=O) groups is 1. The Hall–Kier alpha value is -0.280. The molecule has 14 heavy (non-hydrogen) atoms. The summed E-state index contributed by atoms with van der Waals surface area (Å²) in [7, 11) is 2.09. The number of carbonyl (C=O) groups excluding carboxylic acids is 1. The maximum absolute atomic E-state index is 11.6. The number of hydrogen-bond acceptors (Lipinski definition) is 2. The third-order valence-corrected chi connectivity index (χ3v) is 2.95. The third kappa shape index (κ3) is 2.61. The molecule has 1 saturated heterocycles. The van der Waals surface area contributed by atoms with E-state index < -0.39 is 0 Å². The number of likely N-dealkylation sites (tertiary alicyclic amines) is 1. The molecule has 1 aliphatic heterocycles. The van der Waals surface area contributed by atoms with Gasteiger partial charge in [-0.15, -0.1) is 11.6 Å². The fourth-order valence-corrected chi connectivity index (χ4v) is 2.26. The van der Waals surface area contributed by atoms with Gasteiger partial charge in [0, 0.05) is 18.6 Å². The second-order valence-electron chi connectivity index (χ2n) is 4.23. The Bertz CT molecular complexity index is 208. The number of halogens is 1. The van der Waals surface area contributed by atoms with E-state index in [4.69, 9.17) is 11.6 Å². The van der Waals surface area contributed by atoms with E-state index in [1.54, 1.807) is 0 Å². The van der Waals surface area contributed by atoms with E-state index in [1.807, 2.05) is 18.7 Å². The predicted molar refractivity (Wildman–Crippen MR) is 58.6 cm³/mol. The van der Waals surface area contributed by atoms with E-state index in [1.165, 1.54) is 0 Å². The van der Waals surface area contributed by atoms with Gasteiger partial charge in [0.05, 0.1) is 0 Å². The Morgan fingerprint density at radius 1 is 1.64 bits per heavy atom. The smallest absolute Gasteiger partial charge is 0.238 e. The minimum absolute atomic E-state index is 0.0574. The number of rotatable bonds is 3. The third-order valence-electron chi connectivity index (χ3n) is 2.72. The van der Waals surface area contributed by atoms with Gasteiger partial charge in [0.25, 0.3) is 0 Å². The molecular formula is C10H19ClN2O. The summed E-state index contributed by atoms with van der Waals surface area (Å²) >= 11 is 5.60. The maximum Gasteiger partial charge on any atom is 0.238 e. The van der Waals surface area contributed by atoms with Crippen molar-refractivity contribution in [3.63, 3.8) is 0 Å². The van der Waals surface area contributed by atoms with E-state index in [-0.39, 0.29) is 17.8 Å². The van der Waals surface area contributed by atoms with Gasteiger partial charge in [0.2, 0.25) is 5.91 Å². The normalized spacial score (nSPS) is 23.1. The van der Waals surface area contributed by atoms with Crippen molar-refractivity contribution in [2.24, 2.45) is 0 Å². The van der Waals surface area contributed by atoms with Crippen molar-refractivity contribution < 1.29 is 4.79 Å². The first-order valence-corrected chi connectivity index (χ1v) is 5.65. The summed E-state index contributed by atoms with van der Waals surface area (Å²) in [6, 6.07) is 0.601. The molecule has 0 aromatic rings. The largest absolute Gasteiger partial charge is 0.335 e. The summed E-state index contributed by atoms with van der Waals surface area (Å²) < 4.78 is 0. The molecule has 0 aliphatic carbocycles. The molecule has 0 saturated carbocycles. The molecule has 1 heterocycles. The van der Waals surface area contributed by atoms with Crippen molar-refractivity contribution in [1.82, 2.24) is 9.80 Å². The molecule has 1 amide bonds. The minimum Gasteiger partial charge on any atom is -0.335 e. The molecule has 4 heteroatoms. The van der Waals surface area contributed by atoms with Crippen LogP contribution in [0.15, 0.2) is 0 Å². The first-order valence-electron chi connectivity index (χ1n) is 5.12. The van der Waals surface area contributed by atoms with Gasteiger partial charge >= 0.3 is 0 Å². The highest BCUT2D eigenvalue weighted by atomic mass is 35.5. The average molecular weight is 219 g/mol. The first-order chi connectivity index (χ1) is 6.56. The van der Waals surface area contributed by atoms with Crippen molar-refractivity contribution in [1.29, 1.82) is 0 Å². The molecule has 3 nitrogen and oxygen atoms in total. The fourth-order valence-electron chi connectivity index (χ4n) is 2.12. The topological polar surface area (TPSA) is 23.6 Å². The maximum atomic E-state index is 11.6. The lowest BCUT2D eigenvalue weighted by Crippen LogP contribution is -2.46. The summed E-state index contributed by atoms with van der Waals surface area (Å²) in [5.41, 5.74) is 0. The Morgan fingerprint density at radius 3 is 2.64 bits per heavy atom. The van der Waals surface area contributed by atoms with Crippen LogP contribution in [0.25, 0.3) is 0 Å². The molecule has 0 bridgehead atoms. The van der Waals surface area contributed by atoms with Crippen LogP contribution in [0.3, 0.4) is 0 Å². The molecule has 0 unspecified atom stereocenters. The predicted octanol–water partition coefficient (Wildman–Crippen LogP) is 1.17. The standard InChI is InChI=1S/C10H19ClN2O/c1-8(2)13(10(14)6-11)9-4-5-12(3)7-9/h8-9H,4-7H2,1-3H3/t9-/m1/s1. The van der Waals surface area contributed by atoms with Gasteiger partial charge in [0.15, 0.2) is 0 Å². The van der Waals surface area contributed by atoms with Crippen LogP contribution in [0.4, 0.5) is 0 Å². The highest BCUT2D eigenvalue weighted by Gasteiger charge is 2.30. The zero-order valence-corrected chi connectivity index (χ0v) is 9.92. The van der Waals surface area contributed by atoms with Gasteiger partial charge in [-0.1, -0.05) is 0 Å².